The standard InChI is InChI=1S/C41H46N4O5/c46-37-20-18-34(35-19-21-39(48)44-40(35)37)38(47)28-42-24-6-8-29-14-16-30(17-15-29)9-7-25-45-26-22-32(23-27-45)50-41(49)43-36-13-5-4-12-33(36)31-10-2-1-3-11-31/h1-5,10-21,32,38,42,46-47H,6-9,22-28H2,(H,43,49)(H,44,48)/t38-/m0/s1. The highest BCUT2D eigenvalue weighted by Gasteiger charge is 2.22. The quantitative estimate of drug-likeness (QED) is 0.0820. The van der Waals surface area contributed by atoms with Crippen LogP contribution >= 0.6 is 0 Å². The van der Waals surface area contributed by atoms with Gasteiger partial charge < -0.3 is 30.2 Å². The lowest BCUT2D eigenvalue weighted by molar-refractivity contribution is 0.0587. The van der Waals surface area contributed by atoms with E-state index in [1.54, 1.807) is 12.1 Å². The third-order valence-corrected chi connectivity index (χ3v) is 9.44. The van der Waals surface area contributed by atoms with Gasteiger partial charge in [0.25, 0.3) is 0 Å². The van der Waals surface area contributed by atoms with Crippen LogP contribution in [0.4, 0.5) is 10.5 Å². The van der Waals surface area contributed by atoms with E-state index >= 15 is 0 Å². The van der Waals surface area contributed by atoms with Crippen molar-refractivity contribution < 1.29 is 19.7 Å². The summed E-state index contributed by atoms with van der Waals surface area (Å²) >= 11 is 0. The van der Waals surface area contributed by atoms with Crippen LogP contribution in [0.3, 0.4) is 0 Å². The van der Waals surface area contributed by atoms with Crippen molar-refractivity contribution in [2.45, 2.75) is 50.7 Å². The number of piperidine rings is 1. The molecule has 9 nitrogen and oxygen atoms in total. The van der Waals surface area contributed by atoms with Gasteiger partial charge in [-0.15, -0.1) is 0 Å². The van der Waals surface area contributed by atoms with Crippen LogP contribution in [0.15, 0.2) is 108 Å². The zero-order valence-electron chi connectivity index (χ0n) is 28.3. The van der Waals surface area contributed by atoms with Gasteiger partial charge in [-0.3, -0.25) is 10.1 Å². The minimum atomic E-state index is -0.761. The first-order chi connectivity index (χ1) is 24.4. The van der Waals surface area contributed by atoms with E-state index in [9.17, 15) is 19.8 Å². The summed E-state index contributed by atoms with van der Waals surface area (Å²) in [5, 5.41) is 27.7. The Labute approximate surface area is 292 Å². The second-order valence-corrected chi connectivity index (χ2v) is 13.0. The normalized spacial score (nSPS) is 14.4. The number of anilines is 1. The van der Waals surface area contributed by atoms with Crippen LogP contribution in [0.25, 0.3) is 22.0 Å². The molecule has 1 atom stereocenters. The minimum absolute atomic E-state index is 0.0137. The number of ether oxygens (including phenoxy) is 1. The molecule has 5 aromatic rings. The van der Waals surface area contributed by atoms with Gasteiger partial charge in [0.2, 0.25) is 5.56 Å². The summed E-state index contributed by atoms with van der Waals surface area (Å²) in [7, 11) is 0. The maximum absolute atomic E-state index is 12.7. The SMILES string of the molecule is O=C(Nc1ccccc1-c1ccccc1)OC1CCN(CCCc2ccc(CCCNC[C@H](O)c3ccc(O)c4[nH]c(=O)ccc34)cc2)CC1. The topological polar surface area (TPSA) is 127 Å². The molecule has 50 heavy (non-hydrogen) atoms. The van der Waals surface area contributed by atoms with Gasteiger partial charge in [-0.25, -0.2) is 4.79 Å². The number of rotatable bonds is 14. The van der Waals surface area contributed by atoms with Crippen molar-refractivity contribution in [1.82, 2.24) is 15.2 Å². The van der Waals surface area contributed by atoms with Crippen LogP contribution in [-0.2, 0) is 17.6 Å². The maximum atomic E-state index is 12.7. The Bertz CT molecular complexity index is 1900. The van der Waals surface area contributed by atoms with Crippen LogP contribution in [0.2, 0.25) is 0 Å². The number of amides is 1. The van der Waals surface area contributed by atoms with E-state index in [0.717, 1.165) is 81.5 Å². The summed E-state index contributed by atoms with van der Waals surface area (Å²) < 4.78 is 5.80. The third-order valence-electron chi connectivity index (χ3n) is 9.44. The van der Waals surface area contributed by atoms with E-state index in [-0.39, 0.29) is 17.4 Å². The Morgan fingerprint density at radius 1 is 0.860 bits per heavy atom. The summed E-state index contributed by atoms with van der Waals surface area (Å²) in [6, 6.07) is 32.9. The molecule has 1 fully saturated rings. The average Bonchev–Trinajstić information content (AvgIpc) is 3.13. The number of aliphatic hydroxyl groups excluding tert-OH is 1. The Kier molecular flexibility index (Phi) is 11.9. The van der Waals surface area contributed by atoms with Gasteiger partial charge in [-0.1, -0.05) is 78.9 Å². The van der Waals surface area contributed by atoms with Crippen molar-refractivity contribution in [1.29, 1.82) is 0 Å². The van der Waals surface area contributed by atoms with Crippen molar-refractivity contribution >= 4 is 22.7 Å². The van der Waals surface area contributed by atoms with Crippen molar-refractivity contribution in [2.24, 2.45) is 0 Å². The van der Waals surface area contributed by atoms with Crippen LogP contribution in [0, 0.1) is 0 Å². The molecule has 0 bridgehead atoms. The van der Waals surface area contributed by atoms with Crippen molar-refractivity contribution in [2.75, 3.05) is 38.0 Å². The van der Waals surface area contributed by atoms with Crippen LogP contribution in [0.5, 0.6) is 5.75 Å². The highest BCUT2D eigenvalue weighted by atomic mass is 16.6. The molecule has 1 saturated heterocycles. The molecule has 2 heterocycles. The zero-order valence-corrected chi connectivity index (χ0v) is 28.3. The van der Waals surface area contributed by atoms with E-state index in [1.165, 1.54) is 23.3 Å². The fourth-order valence-corrected chi connectivity index (χ4v) is 6.70. The Morgan fingerprint density at radius 2 is 1.56 bits per heavy atom. The average molecular weight is 675 g/mol. The van der Waals surface area contributed by atoms with Gasteiger partial charge in [-0.05, 0) is 92.1 Å². The Hall–Kier alpha value is -4.96. The number of phenols is 1. The maximum Gasteiger partial charge on any atom is 0.411 e. The first-order valence-electron chi connectivity index (χ1n) is 17.6. The summed E-state index contributed by atoms with van der Waals surface area (Å²) in [6.07, 6.45) is 4.45. The lowest BCUT2D eigenvalue weighted by Crippen LogP contribution is -2.39. The molecule has 6 rings (SSSR count). The Morgan fingerprint density at radius 3 is 2.32 bits per heavy atom. The number of aryl methyl sites for hydroxylation is 2. The van der Waals surface area contributed by atoms with E-state index in [2.05, 4.69) is 44.8 Å². The molecule has 1 aliphatic heterocycles. The number of carbonyl (C=O) groups excluding carboxylic acids is 1. The van der Waals surface area contributed by atoms with Crippen LogP contribution in [0.1, 0.15) is 48.5 Å². The number of pyridine rings is 1. The molecular weight excluding hydrogens is 628 g/mol. The molecule has 1 aliphatic rings. The van der Waals surface area contributed by atoms with E-state index < -0.39 is 12.2 Å². The Balaban J connectivity index is 0.848. The molecule has 1 aromatic heterocycles. The summed E-state index contributed by atoms with van der Waals surface area (Å²) in [5.41, 5.74) is 6.11. The fraction of sp³-hybridized carbons (Fsp3) is 0.317. The minimum Gasteiger partial charge on any atom is -0.506 e. The number of aromatic hydroxyl groups is 1. The van der Waals surface area contributed by atoms with Crippen LogP contribution in [-0.4, -0.2) is 65.0 Å². The number of phenolic OH excluding ortho intramolecular Hbond substituents is 1. The van der Waals surface area contributed by atoms with E-state index in [0.29, 0.717) is 23.0 Å². The molecule has 4 aromatic carbocycles. The molecule has 5 N–H and O–H groups in total. The number of H-pyrrole nitrogens is 1. The molecule has 9 heteroatoms. The number of nitrogens with zero attached hydrogens (tertiary/aromatic N) is 1. The molecule has 0 radical (unpaired) electrons. The van der Waals surface area contributed by atoms with Crippen LogP contribution < -0.4 is 16.2 Å². The number of nitrogens with one attached hydrogen (secondary N) is 3. The highest BCUT2D eigenvalue weighted by molar-refractivity contribution is 5.91. The number of hydrogen-bond acceptors (Lipinski definition) is 7. The largest absolute Gasteiger partial charge is 0.506 e. The number of aliphatic hydroxyl groups is 1. The third kappa shape index (κ3) is 9.38. The lowest BCUT2D eigenvalue weighted by Gasteiger charge is -2.31. The first kappa shape index (κ1) is 34.9. The number of aromatic amines is 1. The molecule has 1 amide bonds. The second kappa shape index (κ2) is 17.1. The van der Waals surface area contributed by atoms with Gasteiger partial charge in [0, 0.05) is 36.7 Å². The number of aromatic nitrogens is 1. The number of likely N-dealkylation sites (tertiary alicyclic amines) is 1. The van der Waals surface area contributed by atoms with E-state index in [4.69, 9.17) is 4.74 Å². The van der Waals surface area contributed by atoms with Gasteiger partial charge in [0.05, 0.1) is 17.3 Å². The number of fused-ring (bicyclic) bond motifs is 1. The van der Waals surface area contributed by atoms with E-state index in [1.807, 2.05) is 54.6 Å². The van der Waals surface area contributed by atoms with Gasteiger partial charge >= 0.3 is 6.09 Å². The molecule has 0 unspecified atom stereocenters. The molecule has 260 valence electrons. The number of carbonyl (C=O) groups is 1. The van der Waals surface area contributed by atoms with Crippen molar-refractivity contribution in [3.05, 3.63) is 130 Å². The summed E-state index contributed by atoms with van der Waals surface area (Å²) in [6.45, 7) is 4.02. The molecule has 0 spiro atoms. The second-order valence-electron chi connectivity index (χ2n) is 13.0. The number of para-hydroxylation sites is 1. The fourth-order valence-electron chi connectivity index (χ4n) is 6.70. The smallest absolute Gasteiger partial charge is 0.411 e. The highest BCUT2D eigenvalue weighted by Crippen LogP contribution is 2.29. The molecular formula is C41H46N4O5. The summed E-state index contributed by atoms with van der Waals surface area (Å²) in [5.74, 6) is -0.0137. The molecule has 0 saturated carbocycles. The predicted molar refractivity (Wildman–Crippen MR) is 199 cm³/mol. The first-order valence-corrected chi connectivity index (χ1v) is 17.6. The number of hydrogen-bond donors (Lipinski definition) is 5. The van der Waals surface area contributed by atoms with Gasteiger partial charge in [0.15, 0.2) is 0 Å². The lowest BCUT2D eigenvalue weighted by atomic mass is 10.0. The van der Waals surface area contributed by atoms with Crippen molar-refractivity contribution in [3.8, 4) is 16.9 Å². The monoisotopic (exact) mass is 674 g/mol. The molecule has 0 aliphatic carbocycles. The summed E-state index contributed by atoms with van der Waals surface area (Å²) in [4.78, 5) is 29.5. The number of benzene rings is 4. The van der Waals surface area contributed by atoms with Gasteiger partial charge in [-0.2, -0.15) is 0 Å². The van der Waals surface area contributed by atoms with Gasteiger partial charge in [0.1, 0.15) is 11.9 Å². The predicted octanol–water partition coefficient (Wildman–Crippen LogP) is 6.80. The van der Waals surface area contributed by atoms with Crippen molar-refractivity contribution in [3.63, 3.8) is 0 Å². The zero-order chi connectivity index (χ0) is 34.7.